The molecule has 1 nitrogen and oxygen atoms in total. The number of rotatable bonds is 3. The van der Waals surface area contributed by atoms with Crippen LogP contribution in [0.25, 0.3) is 0 Å². The Morgan fingerprint density at radius 3 is 1.57 bits per heavy atom. The molecule has 1 aromatic rings. The van der Waals surface area contributed by atoms with Crippen LogP contribution in [0.1, 0.15) is 78.4 Å². The van der Waals surface area contributed by atoms with Gasteiger partial charge in [-0.05, 0) is 63.0 Å². The monoisotopic (exact) mass is 285 g/mol. The van der Waals surface area contributed by atoms with E-state index in [1.54, 1.807) is 5.56 Å². The normalized spacial score (nSPS) is 23.0. The molecule has 1 aromatic carbocycles. The van der Waals surface area contributed by atoms with Crippen LogP contribution in [0.4, 0.5) is 0 Å². The average molecular weight is 285 g/mol. The zero-order valence-corrected chi connectivity index (χ0v) is 14.6. The molecule has 0 aliphatic heterocycles. The Balaban J connectivity index is 1.83. The summed E-state index contributed by atoms with van der Waals surface area (Å²) in [6.07, 6.45) is 5.24. The number of nitrogens with one attached hydrogen (secondary N) is 1. The van der Waals surface area contributed by atoms with Gasteiger partial charge < -0.3 is 5.32 Å². The van der Waals surface area contributed by atoms with E-state index in [9.17, 15) is 0 Å². The second kappa shape index (κ2) is 4.35. The average Bonchev–Trinajstić information content (AvgIpc) is 3.20. The molecule has 3 rings (SSSR count). The van der Waals surface area contributed by atoms with Crippen LogP contribution < -0.4 is 5.32 Å². The van der Waals surface area contributed by atoms with Crippen LogP contribution in [-0.2, 0) is 11.0 Å². The molecule has 0 saturated heterocycles. The van der Waals surface area contributed by atoms with Gasteiger partial charge in [0, 0.05) is 16.5 Å². The first-order valence-corrected chi connectivity index (χ1v) is 8.49. The predicted molar refractivity (Wildman–Crippen MR) is 90.6 cm³/mol. The molecule has 0 spiro atoms. The third-order valence-electron chi connectivity index (χ3n) is 5.54. The van der Waals surface area contributed by atoms with Crippen molar-refractivity contribution in [2.24, 2.45) is 5.41 Å². The Morgan fingerprint density at radius 2 is 1.24 bits per heavy atom. The van der Waals surface area contributed by atoms with Crippen LogP contribution in [0.5, 0.6) is 0 Å². The second-order valence-electron chi connectivity index (χ2n) is 9.37. The van der Waals surface area contributed by atoms with Crippen LogP contribution in [0.15, 0.2) is 24.3 Å². The first-order chi connectivity index (χ1) is 9.58. The maximum absolute atomic E-state index is 3.83. The van der Waals surface area contributed by atoms with E-state index < -0.39 is 0 Å². The summed E-state index contributed by atoms with van der Waals surface area (Å²) in [6, 6.07) is 9.57. The highest BCUT2D eigenvalue weighted by Gasteiger charge is 2.53. The SMILES string of the molecule is CC(C)(C)NC1(c2ccc(C3(C(C)(C)C)CC3)cc2)CC1. The lowest BCUT2D eigenvalue weighted by Crippen LogP contribution is -2.43. The maximum atomic E-state index is 3.83. The number of hydrogen-bond donors (Lipinski definition) is 1. The lowest BCUT2D eigenvalue weighted by Gasteiger charge is -2.32. The summed E-state index contributed by atoms with van der Waals surface area (Å²) in [5.74, 6) is 0. The molecule has 1 heteroatoms. The van der Waals surface area contributed by atoms with Crippen LogP contribution in [0.2, 0.25) is 0 Å². The minimum absolute atomic E-state index is 0.179. The Hall–Kier alpha value is -0.820. The Bertz CT molecular complexity index is 516. The molecule has 0 bridgehead atoms. The summed E-state index contributed by atoms with van der Waals surface area (Å²) >= 11 is 0. The van der Waals surface area contributed by atoms with Gasteiger partial charge >= 0.3 is 0 Å². The molecule has 2 saturated carbocycles. The van der Waals surface area contributed by atoms with Crippen LogP contribution in [-0.4, -0.2) is 5.54 Å². The van der Waals surface area contributed by atoms with Gasteiger partial charge in [0.2, 0.25) is 0 Å². The lowest BCUT2D eigenvalue weighted by atomic mass is 9.73. The molecular weight excluding hydrogens is 254 g/mol. The van der Waals surface area contributed by atoms with Crippen molar-refractivity contribution in [2.75, 3.05) is 0 Å². The molecule has 0 heterocycles. The van der Waals surface area contributed by atoms with Crippen LogP contribution in [0, 0.1) is 5.41 Å². The fraction of sp³-hybridized carbons (Fsp3) is 0.700. The first-order valence-electron chi connectivity index (χ1n) is 8.49. The Morgan fingerprint density at radius 1 is 0.762 bits per heavy atom. The van der Waals surface area contributed by atoms with E-state index >= 15 is 0 Å². The van der Waals surface area contributed by atoms with Crippen molar-refractivity contribution in [3.8, 4) is 0 Å². The third kappa shape index (κ3) is 2.65. The molecule has 2 aliphatic rings. The van der Waals surface area contributed by atoms with E-state index in [0.29, 0.717) is 10.8 Å². The van der Waals surface area contributed by atoms with Crippen molar-refractivity contribution < 1.29 is 0 Å². The summed E-state index contributed by atoms with van der Waals surface area (Å²) in [4.78, 5) is 0. The van der Waals surface area contributed by atoms with Crippen LogP contribution in [0.3, 0.4) is 0 Å². The molecule has 0 radical (unpaired) electrons. The van der Waals surface area contributed by atoms with E-state index in [1.165, 1.54) is 31.2 Å². The van der Waals surface area contributed by atoms with Gasteiger partial charge in [-0.1, -0.05) is 45.0 Å². The van der Waals surface area contributed by atoms with E-state index in [4.69, 9.17) is 0 Å². The minimum atomic E-state index is 0.179. The number of benzene rings is 1. The fourth-order valence-electron chi connectivity index (χ4n) is 4.03. The van der Waals surface area contributed by atoms with Gasteiger partial charge in [0.1, 0.15) is 0 Å². The molecule has 0 atom stereocenters. The summed E-state index contributed by atoms with van der Waals surface area (Å²) in [5.41, 5.74) is 4.25. The largest absolute Gasteiger partial charge is 0.303 e. The molecule has 2 aliphatic carbocycles. The van der Waals surface area contributed by atoms with Crippen molar-refractivity contribution in [3.63, 3.8) is 0 Å². The van der Waals surface area contributed by atoms with Gasteiger partial charge in [-0.2, -0.15) is 0 Å². The first kappa shape index (κ1) is 15.1. The summed E-state index contributed by atoms with van der Waals surface area (Å²) in [5, 5.41) is 3.83. The van der Waals surface area contributed by atoms with Crippen molar-refractivity contribution in [2.45, 2.75) is 83.7 Å². The molecule has 0 unspecified atom stereocenters. The van der Waals surface area contributed by atoms with E-state index in [0.717, 1.165) is 0 Å². The molecule has 21 heavy (non-hydrogen) atoms. The van der Waals surface area contributed by atoms with E-state index in [-0.39, 0.29) is 11.1 Å². The van der Waals surface area contributed by atoms with Crippen LogP contribution >= 0.6 is 0 Å². The fourth-order valence-corrected chi connectivity index (χ4v) is 4.03. The standard InChI is InChI=1S/C20H31N/c1-17(2,3)19(11-12-19)15-7-9-16(10-8-15)20(13-14-20)21-18(4,5)6/h7-10,21H,11-14H2,1-6H3. The quantitative estimate of drug-likeness (QED) is 0.810. The van der Waals surface area contributed by atoms with Gasteiger partial charge in [-0.25, -0.2) is 0 Å². The minimum Gasteiger partial charge on any atom is -0.303 e. The summed E-state index contributed by atoms with van der Waals surface area (Å²) in [7, 11) is 0. The Labute approximate surface area is 130 Å². The zero-order valence-electron chi connectivity index (χ0n) is 14.6. The van der Waals surface area contributed by atoms with E-state index in [2.05, 4.69) is 71.1 Å². The second-order valence-corrected chi connectivity index (χ2v) is 9.37. The Kier molecular flexibility index (Phi) is 3.12. The third-order valence-corrected chi connectivity index (χ3v) is 5.54. The van der Waals surface area contributed by atoms with Gasteiger partial charge in [0.25, 0.3) is 0 Å². The summed E-state index contributed by atoms with van der Waals surface area (Å²) in [6.45, 7) is 14.0. The number of hydrogen-bond acceptors (Lipinski definition) is 1. The zero-order chi connectivity index (χ0) is 15.5. The highest BCUT2D eigenvalue weighted by Crippen LogP contribution is 2.60. The van der Waals surface area contributed by atoms with Crippen molar-refractivity contribution >= 4 is 0 Å². The van der Waals surface area contributed by atoms with Crippen molar-refractivity contribution in [1.82, 2.24) is 5.32 Å². The predicted octanol–water partition coefficient (Wildman–Crippen LogP) is 5.14. The highest BCUT2D eigenvalue weighted by molar-refractivity contribution is 5.40. The van der Waals surface area contributed by atoms with Crippen molar-refractivity contribution in [3.05, 3.63) is 35.4 Å². The lowest BCUT2D eigenvalue weighted by molar-refractivity contribution is 0.298. The van der Waals surface area contributed by atoms with Gasteiger partial charge in [0.05, 0.1) is 0 Å². The molecular formula is C20H31N. The molecule has 1 N–H and O–H groups in total. The maximum Gasteiger partial charge on any atom is 0.0440 e. The van der Waals surface area contributed by atoms with Crippen molar-refractivity contribution in [1.29, 1.82) is 0 Å². The molecule has 0 amide bonds. The topological polar surface area (TPSA) is 12.0 Å². The highest BCUT2D eigenvalue weighted by atomic mass is 15.1. The summed E-state index contributed by atoms with van der Waals surface area (Å²) < 4.78 is 0. The van der Waals surface area contributed by atoms with Gasteiger partial charge in [-0.3, -0.25) is 0 Å². The molecule has 116 valence electrons. The smallest absolute Gasteiger partial charge is 0.0440 e. The molecule has 0 aromatic heterocycles. The van der Waals surface area contributed by atoms with Gasteiger partial charge in [0.15, 0.2) is 0 Å². The van der Waals surface area contributed by atoms with E-state index in [1.807, 2.05) is 0 Å². The van der Waals surface area contributed by atoms with Gasteiger partial charge in [-0.15, -0.1) is 0 Å². The molecule has 2 fully saturated rings.